The predicted molar refractivity (Wildman–Crippen MR) is 62.5 cm³/mol. The smallest absolute Gasteiger partial charge is 0.413 e. The first-order valence-corrected chi connectivity index (χ1v) is 5.69. The van der Waals surface area contributed by atoms with Crippen LogP contribution in [0.4, 0.5) is 9.93 Å². The van der Waals surface area contributed by atoms with Crippen LogP contribution >= 0.6 is 11.5 Å². The van der Waals surface area contributed by atoms with E-state index in [1.807, 2.05) is 0 Å². The van der Waals surface area contributed by atoms with Crippen LogP contribution in [0.25, 0.3) is 5.78 Å². The van der Waals surface area contributed by atoms with Crippen molar-refractivity contribution in [2.45, 2.75) is 13.8 Å². The van der Waals surface area contributed by atoms with E-state index in [-0.39, 0.29) is 23.1 Å². The molecule has 90 valence electrons. The quantitative estimate of drug-likeness (QED) is 0.865. The lowest BCUT2D eigenvalue weighted by Gasteiger charge is -1.99. The molecule has 2 aromatic rings. The molecule has 0 fully saturated rings. The Morgan fingerprint density at radius 2 is 2.35 bits per heavy atom. The molecule has 0 radical (unpaired) electrons. The number of ether oxygens (including phenoxy) is 1. The Bertz CT molecular complexity index is 618. The number of amides is 1. The zero-order valence-electron chi connectivity index (χ0n) is 9.26. The molecule has 0 unspecified atom stereocenters. The second-order valence-corrected chi connectivity index (χ2v) is 4.12. The average Bonchev–Trinajstić information content (AvgIpc) is 2.60. The molecule has 0 aliphatic rings. The minimum Gasteiger partial charge on any atom is -0.450 e. The van der Waals surface area contributed by atoms with Crippen molar-refractivity contribution in [2.24, 2.45) is 0 Å². The monoisotopic (exact) mass is 254 g/mol. The maximum Gasteiger partial charge on any atom is 0.413 e. The van der Waals surface area contributed by atoms with Crippen LogP contribution in [0.2, 0.25) is 0 Å². The molecule has 0 atom stereocenters. The minimum absolute atomic E-state index is 0.220. The van der Waals surface area contributed by atoms with Crippen molar-refractivity contribution in [3.8, 4) is 0 Å². The largest absolute Gasteiger partial charge is 0.450 e. The molecule has 0 aliphatic carbocycles. The first-order chi connectivity index (χ1) is 8.10. The Balaban J connectivity index is 2.35. The van der Waals surface area contributed by atoms with E-state index in [1.54, 1.807) is 13.8 Å². The molecule has 7 nitrogen and oxygen atoms in total. The van der Waals surface area contributed by atoms with Gasteiger partial charge in [-0.05, 0) is 25.4 Å². The highest BCUT2D eigenvalue weighted by molar-refractivity contribution is 7.10. The summed E-state index contributed by atoms with van der Waals surface area (Å²) in [6.45, 7) is 3.68. The summed E-state index contributed by atoms with van der Waals surface area (Å²) in [4.78, 5) is 30.8. The molecule has 0 spiro atoms. The molecule has 0 saturated carbocycles. The highest BCUT2D eigenvalue weighted by Crippen LogP contribution is 2.13. The number of nitrogens with one attached hydrogen (secondary N) is 1. The van der Waals surface area contributed by atoms with Gasteiger partial charge in [0.2, 0.25) is 10.9 Å². The summed E-state index contributed by atoms with van der Waals surface area (Å²) in [5.41, 5.74) is 0.366. The van der Waals surface area contributed by atoms with Crippen LogP contribution in [0.1, 0.15) is 12.6 Å². The highest BCUT2D eigenvalue weighted by Gasteiger charge is 2.10. The van der Waals surface area contributed by atoms with Crippen molar-refractivity contribution in [1.82, 2.24) is 13.8 Å². The Kier molecular flexibility index (Phi) is 3.05. The van der Waals surface area contributed by atoms with Gasteiger partial charge in [0.1, 0.15) is 0 Å². The zero-order valence-corrected chi connectivity index (χ0v) is 10.1. The minimum atomic E-state index is -0.601. The second-order valence-electron chi connectivity index (χ2n) is 3.18. The third-order valence-corrected chi connectivity index (χ3v) is 2.75. The maximum absolute atomic E-state index is 11.6. The number of aryl methyl sites for hydroxylation is 1. The number of hydrogen-bond donors (Lipinski definition) is 1. The van der Waals surface area contributed by atoms with Crippen LogP contribution in [-0.4, -0.2) is 26.5 Å². The Morgan fingerprint density at radius 1 is 1.59 bits per heavy atom. The van der Waals surface area contributed by atoms with E-state index in [2.05, 4.69) is 15.3 Å². The fraction of sp³-hybridized carbons (Fsp3) is 0.333. The Labute approximate surface area is 100 Å². The average molecular weight is 254 g/mol. The van der Waals surface area contributed by atoms with Gasteiger partial charge in [-0.15, -0.1) is 0 Å². The van der Waals surface area contributed by atoms with Crippen LogP contribution in [0.3, 0.4) is 0 Å². The van der Waals surface area contributed by atoms with E-state index in [4.69, 9.17) is 4.74 Å². The van der Waals surface area contributed by atoms with Crippen molar-refractivity contribution in [2.75, 3.05) is 11.9 Å². The number of hydrogen-bond acceptors (Lipinski definition) is 6. The number of aromatic nitrogens is 3. The molecular formula is C9H10N4O3S. The second kappa shape index (κ2) is 4.50. The number of carbonyl (C=O) groups excluding carboxylic acids is 1. The van der Waals surface area contributed by atoms with Crippen molar-refractivity contribution >= 4 is 28.5 Å². The molecule has 0 saturated heterocycles. The van der Waals surface area contributed by atoms with E-state index in [9.17, 15) is 9.59 Å². The summed E-state index contributed by atoms with van der Waals surface area (Å²) in [6, 6.07) is 1.40. The summed E-state index contributed by atoms with van der Waals surface area (Å²) < 4.78 is 6.00. The van der Waals surface area contributed by atoms with E-state index in [1.165, 1.54) is 9.86 Å². The van der Waals surface area contributed by atoms with Gasteiger partial charge in [-0.3, -0.25) is 10.1 Å². The number of anilines is 1. The molecule has 0 aromatic carbocycles. The molecule has 17 heavy (non-hydrogen) atoms. The van der Waals surface area contributed by atoms with Gasteiger partial charge in [0, 0.05) is 11.8 Å². The lowest BCUT2D eigenvalue weighted by atomic mass is 10.5. The summed E-state index contributed by atoms with van der Waals surface area (Å²) in [6.07, 6.45) is -0.601. The fourth-order valence-corrected chi connectivity index (χ4v) is 1.96. The first-order valence-electron chi connectivity index (χ1n) is 4.91. The third kappa shape index (κ3) is 2.41. The standard InChI is InChI=1S/C9H10N4O3S/c1-3-16-9(15)12-8-11-7-10-5(2)4-6(14)13(7)17-8/h4H,3H2,1-2H3,(H,10,11,12,15). The molecule has 1 amide bonds. The van der Waals surface area contributed by atoms with Crippen molar-refractivity contribution in [3.63, 3.8) is 0 Å². The van der Waals surface area contributed by atoms with Crippen LogP contribution in [0.15, 0.2) is 10.9 Å². The summed E-state index contributed by atoms with van der Waals surface area (Å²) in [5, 5.41) is 2.70. The van der Waals surface area contributed by atoms with Gasteiger partial charge in [-0.25, -0.2) is 9.78 Å². The fourth-order valence-electron chi connectivity index (χ4n) is 1.23. The van der Waals surface area contributed by atoms with Gasteiger partial charge in [-0.1, -0.05) is 0 Å². The van der Waals surface area contributed by atoms with Gasteiger partial charge < -0.3 is 4.74 Å². The number of rotatable bonds is 2. The van der Waals surface area contributed by atoms with Crippen LogP contribution in [-0.2, 0) is 4.74 Å². The summed E-state index contributed by atoms with van der Waals surface area (Å²) in [7, 11) is 0. The van der Waals surface area contributed by atoms with Crippen molar-refractivity contribution in [1.29, 1.82) is 0 Å². The predicted octanol–water partition coefficient (Wildman–Crippen LogP) is 1.03. The van der Waals surface area contributed by atoms with Crippen LogP contribution in [0.5, 0.6) is 0 Å². The lowest BCUT2D eigenvalue weighted by Crippen LogP contribution is -2.12. The molecule has 1 N–H and O–H groups in total. The van der Waals surface area contributed by atoms with Crippen molar-refractivity contribution < 1.29 is 9.53 Å². The molecular weight excluding hydrogens is 244 g/mol. The van der Waals surface area contributed by atoms with E-state index >= 15 is 0 Å². The van der Waals surface area contributed by atoms with Gasteiger partial charge in [0.15, 0.2) is 0 Å². The SMILES string of the molecule is CCOC(=O)Nc1nc2nc(C)cc(=O)n2s1. The van der Waals surface area contributed by atoms with Gasteiger partial charge >= 0.3 is 6.09 Å². The molecule has 2 rings (SSSR count). The molecule has 2 heterocycles. The topological polar surface area (TPSA) is 85.6 Å². The van der Waals surface area contributed by atoms with Gasteiger partial charge in [-0.2, -0.15) is 8.77 Å². The van der Waals surface area contributed by atoms with E-state index in [0.29, 0.717) is 5.69 Å². The van der Waals surface area contributed by atoms with Gasteiger partial charge in [0.05, 0.1) is 6.61 Å². The van der Waals surface area contributed by atoms with Crippen molar-refractivity contribution in [3.05, 3.63) is 22.1 Å². The van der Waals surface area contributed by atoms with Gasteiger partial charge in [0.25, 0.3) is 5.56 Å². The number of nitrogens with zero attached hydrogens (tertiary/aromatic N) is 3. The number of carbonyl (C=O) groups is 1. The van der Waals surface area contributed by atoms with Crippen LogP contribution < -0.4 is 10.9 Å². The zero-order chi connectivity index (χ0) is 12.4. The molecule has 0 bridgehead atoms. The summed E-state index contributed by atoms with van der Waals surface area (Å²) in [5.74, 6) is 0.270. The highest BCUT2D eigenvalue weighted by atomic mass is 32.1. The van der Waals surface area contributed by atoms with Crippen LogP contribution in [0, 0.1) is 6.92 Å². The maximum atomic E-state index is 11.6. The Hall–Kier alpha value is -1.96. The number of fused-ring (bicyclic) bond motifs is 1. The molecule has 8 heteroatoms. The van der Waals surface area contributed by atoms with E-state index in [0.717, 1.165) is 11.5 Å². The lowest BCUT2D eigenvalue weighted by molar-refractivity contribution is 0.168. The third-order valence-electron chi connectivity index (χ3n) is 1.85. The normalized spacial score (nSPS) is 10.5. The molecule has 2 aromatic heterocycles. The first kappa shape index (κ1) is 11.5. The van der Waals surface area contributed by atoms with E-state index < -0.39 is 6.09 Å². The summed E-state index contributed by atoms with van der Waals surface area (Å²) >= 11 is 1.01. The Morgan fingerprint density at radius 3 is 3.06 bits per heavy atom. The molecule has 0 aliphatic heterocycles.